The summed E-state index contributed by atoms with van der Waals surface area (Å²) in [5.41, 5.74) is 0. The number of nitrogens with one attached hydrogen (secondary N) is 1. The van der Waals surface area contributed by atoms with Crippen LogP contribution in [0, 0.1) is 5.92 Å². The third-order valence-corrected chi connectivity index (χ3v) is 3.35. The first-order valence-corrected chi connectivity index (χ1v) is 7.27. The Bertz CT molecular complexity index is 357. The van der Waals surface area contributed by atoms with Gasteiger partial charge in [-0.2, -0.15) is 0 Å². The molecule has 0 spiro atoms. The van der Waals surface area contributed by atoms with E-state index < -0.39 is 0 Å². The van der Waals surface area contributed by atoms with Gasteiger partial charge in [-0.15, -0.1) is 0 Å². The van der Waals surface area contributed by atoms with Crippen molar-refractivity contribution in [2.75, 3.05) is 40.5 Å². The molecule has 0 aliphatic carbocycles. The summed E-state index contributed by atoms with van der Waals surface area (Å²) in [4.78, 5) is 0. The zero-order valence-electron chi connectivity index (χ0n) is 12.9. The van der Waals surface area contributed by atoms with Crippen LogP contribution in [-0.2, 0) is 4.74 Å². The van der Waals surface area contributed by atoms with Crippen molar-refractivity contribution in [3.05, 3.63) is 24.3 Å². The summed E-state index contributed by atoms with van der Waals surface area (Å²) in [7, 11) is 3.39. The molecule has 20 heavy (non-hydrogen) atoms. The highest BCUT2D eigenvalue weighted by Gasteiger charge is 2.08. The molecule has 0 aromatic heterocycles. The lowest BCUT2D eigenvalue weighted by Crippen LogP contribution is -2.26. The van der Waals surface area contributed by atoms with Gasteiger partial charge in [0.1, 0.15) is 0 Å². The lowest BCUT2D eigenvalue weighted by Gasteiger charge is -2.17. The molecule has 1 N–H and O–H groups in total. The Morgan fingerprint density at radius 3 is 2.50 bits per heavy atom. The Balaban J connectivity index is 2.26. The minimum atomic E-state index is 0.626. The van der Waals surface area contributed by atoms with Gasteiger partial charge in [0.05, 0.1) is 20.3 Å². The number of methoxy groups -OCH3 is 2. The van der Waals surface area contributed by atoms with Crippen molar-refractivity contribution in [3.63, 3.8) is 0 Å². The lowest BCUT2D eigenvalue weighted by atomic mass is 10.0. The Morgan fingerprint density at radius 1 is 1.10 bits per heavy atom. The summed E-state index contributed by atoms with van der Waals surface area (Å²) in [5, 5.41) is 3.40. The van der Waals surface area contributed by atoms with Gasteiger partial charge in [-0.25, -0.2) is 0 Å². The second-order valence-corrected chi connectivity index (χ2v) is 4.76. The van der Waals surface area contributed by atoms with E-state index in [0.29, 0.717) is 12.5 Å². The predicted molar refractivity (Wildman–Crippen MR) is 81.6 cm³/mol. The van der Waals surface area contributed by atoms with Crippen molar-refractivity contribution in [3.8, 4) is 11.5 Å². The Hall–Kier alpha value is -1.26. The average molecular weight is 281 g/mol. The van der Waals surface area contributed by atoms with Crippen LogP contribution in [0.15, 0.2) is 24.3 Å². The van der Waals surface area contributed by atoms with E-state index in [9.17, 15) is 0 Å². The molecule has 1 aromatic carbocycles. The monoisotopic (exact) mass is 281 g/mol. The fourth-order valence-electron chi connectivity index (χ4n) is 2.00. The Morgan fingerprint density at radius 2 is 1.85 bits per heavy atom. The maximum absolute atomic E-state index is 5.81. The first kappa shape index (κ1) is 16.8. The van der Waals surface area contributed by atoms with Crippen LogP contribution in [0.2, 0.25) is 0 Å². The van der Waals surface area contributed by atoms with Gasteiger partial charge in [0, 0.05) is 13.7 Å². The van der Waals surface area contributed by atoms with E-state index in [-0.39, 0.29) is 0 Å². The van der Waals surface area contributed by atoms with E-state index in [4.69, 9.17) is 14.2 Å². The van der Waals surface area contributed by atoms with Gasteiger partial charge in [-0.05, 0) is 31.0 Å². The van der Waals surface area contributed by atoms with Gasteiger partial charge in [0.15, 0.2) is 11.5 Å². The fourth-order valence-corrected chi connectivity index (χ4v) is 2.00. The molecule has 4 heteroatoms. The van der Waals surface area contributed by atoms with Crippen LogP contribution >= 0.6 is 0 Å². The zero-order valence-corrected chi connectivity index (χ0v) is 12.9. The first-order chi connectivity index (χ1) is 9.81. The minimum absolute atomic E-state index is 0.626. The predicted octanol–water partition coefficient (Wildman–Crippen LogP) is 2.73. The molecule has 0 heterocycles. The van der Waals surface area contributed by atoms with Gasteiger partial charge in [-0.3, -0.25) is 0 Å². The van der Waals surface area contributed by atoms with Gasteiger partial charge in [-0.1, -0.05) is 25.5 Å². The second-order valence-electron chi connectivity index (χ2n) is 4.76. The molecule has 0 aliphatic rings. The molecule has 0 radical (unpaired) electrons. The van der Waals surface area contributed by atoms with E-state index in [1.54, 1.807) is 14.2 Å². The van der Waals surface area contributed by atoms with Crippen LogP contribution in [0.1, 0.15) is 19.8 Å². The molecule has 4 nitrogen and oxygen atoms in total. The van der Waals surface area contributed by atoms with Gasteiger partial charge in [0.2, 0.25) is 0 Å². The number of para-hydroxylation sites is 2. The maximum atomic E-state index is 5.81. The lowest BCUT2D eigenvalue weighted by molar-refractivity contribution is 0.195. The van der Waals surface area contributed by atoms with Crippen molar-refractivity contribution in [2.45, 2.75) is 19.8 Å². The molecule has 114 valence electrons. The average Bonchev–Trinajstić information content (AvgIpc) is 2.50. The second kappa shape index (κ2) is 10.5. The molecule has 0 saturated heterocycles. The number of ether oxygens (including phenoxy) is 3. The standard InChI is InChI=1S/C16H27NO3/c1-4-14(13-17-10-12-18-2)9-11-20-16-8-6-5-7-15(16)19-3/h5-8,14,17H,4,9-13H2,1-3H3. The van der Waals surface area contributed by atoms with E-state index in [2.05, 4.69) is 12.2 Å². The number of benzene rings is 1. The van der Waals surface area contributed by atoms with E-state index >= 15 is 0 Å². The molecule has 0 aliphatic heterocycles. The van der Waals surface area contributed by atoms with Crippen LogP contribution in [0.3, 0.4) is 0 Å². The van der Waals surface area contributed by atoms with Gasteiger partial charge >= 0.3 is 0 Å². The minimum Gasteiger partial charge on any atom is -0.493 e. The van der Waals surface area contributed by atoms with Crippen molar-refractivity contribution < 1.29 is 14.2 Å². The molecule has 1 rings (SSSR count). The van der Waals surface area contributed by atoms with Gasteiger partial charge < -0.3 is 19.5 Å². The van der Waals surface area contributed by atoms with Crippen LogP contribution < -0.4 is 14.8 Å². The third-order valence-electron chi connectivity index (χ3n) is 3.35. The maximum Gasteiger partial charge on any atom is 0.161 e. The largest absolute Gasteiger partial charge is 0.493 e. The topological polar surface area (TPSA) is 39.7 Å². The summed E-state index contributed by atoms with van der Waals surface area (Å²) < 4.78 is 16.1. The molecule has 0 amide bonds. The van der Waals surface area contributed by atoms with Crippen molar-refractivity contribution in [1.29, 1.82) is 0 Å². The number of hydrogen-bond acceptors (Lipinski definition) is 4. The first-order valence-electron chi connectivity index (χ1n) is 7.27. The van der Waals surface area contributed by atoms with E-state index in [1.807, 2.05) is 24.3 Å². The highest BCUT2D eigenvalue weighted by atomic mass is 16.5. The van der Waals surface area contributed by atoms with Crippen LogP contribution in [-0.4, -0.2) is 40.5 Å². The molecular weight excluding hydrogens is 254 g/mol. The quantitative estimate of drug-likeness (QED) is 0.633. The van der Waals surface area contributed by atoms with Crippen molar-refractivity contribution in [2.24, 2.45) is 5.92 Å². The van der Waals surface area contributed by atoms with Crippen molar-refractivity contribution >= 4 is 0 Å². The normalized spacial score (nSPS) is 12.2. The highest BCUT2D eigenvalue weighted by Crippen LogP contribution is 2.26. The molecule has 0 bridgehead atoms. The third kappa shape index (κ3) is 6.26. The number of rotatable bonds is 11. The molecule has 1 atom stereocenters. The van der Waals surface area contributed by atoms with Crippen molar-refractivity contribution in [1.82, 2.24) is 5.32 Å². The SMILES string of the molecule is CCC(CCOc1ccccc1OC)CNCCOC. The highest BCUT2D eigenvalue weighted by molar-refractivity contribution is 5.39. The van der Waals surface area contributed by atoms with Crippen LogP contribution in [0.5, 0.6) is 11.5 Å². The van der Waals surface area contributed by atoms with E-state index in [1.165, 1.54) is 0 Å². The summed E-state index contributed by atoms with van der Waals surface area (Å²) in [6, 6.07) is 7.76. The molecule has 1 unspecified atom stereocenters. The Labute approximate surface area is 122 Å². The molecular formula is C16H27NO3. The smallest absolute Gasteiger partial charge is 0.161 e. The van der Waals surface area contributed by atoms with E-state index in [0.717, 1.165) is 44.0 Å². The van der Waals surface area contributed by atoms with Gasteiger partial charge in [0.25, 0.3) is 0 Å². The summed E-state index contributed by atoms with van der Waals surface area (Å²) in [6.07, 6.45) is 2.18. The zero-order chi connectivity index (χ0) is 14.6. The Kier molecular flexibility index (Phi) is 8.83. The molecule has 1 aromatic rings. The summed E-state index contributed by atoms with van der Waals surface area (Å²) in [6.45, 7) is 5.60. The molecule has 0 saturated carbocycles. The van der Waals surface area contributed by atoms with Crippen LogP contribution in [0.25, 0.3) is 0 Å². The fraction of sp³-hybridized carbons (Fsp3) is 0.625. The van der Waals surface area contributed by atoms with Crippen LogP contribution in [0.4, 0.5) is 0 Å². The molecule has 0 fully saturated rings. The summed E-state index contributed by atoms with van der Waals surface area (Å²) in [5.74, 6) is 2.23. The number of hydrogen-bond donors (Lipinski definition) is 1. The summed E-state index contributed by atoms with van der Waals surface area (Å²) >= 11 is 0.